The van der Waals surface area contributed by atoms with Crippen LogP contribution in [0.1, 0.15) is 52.0 Å². The number of hydrogen-bond donors (Lipinski definition) is 1. The van der Waals surface area contributed by atoms with Crippen LogP contribution in [0.3, 0.4) is 0 Å². The topological polar surface area (TPSA) is 61.7 Å². The van der Waals surface area contributed by atoms with Crippen LogP contribution in [0, 0.1) is 5.92 Å². The molecule has 0 aliphatic carbocycles. The maximum absolute atomic E-state index is 6.38. The van der Waals surface area contributed by atoms with Crippen LogP contribution in [-0.4, -0.2) is 19.1 Å². The van der Waals surface area contributed by atoms with Crippen LogP contribution in [-0.2, 0) is 6.42 Å². The summed E-state index contributed by atoms with van der Waals surface area (Å²) in [6.45, 7) is 8.79. The number of nitrogens with two attached hydrogens (primary N) is 1. The summed E-state index contributed by atoms with van der Waals surface area (Å²) in [4.78, 5) is 9.07. The van der Waals surface area contributed by atoms with Crippen LogP contribution in [0.25, 0.3) is 11.4 Å². The van der Waals surface area contributed by atoms with Crippen molar-refractivity contribution in [3.05, 3.63) is 18.3 Å². The van der Waals surface area contributed by atoms with Gasteiger partial charge in [-0.05, 0) is 33.1 Å². The van der Waals surface area contributed by atoms with E-state index in [1.807, 2.05) is 12.5 Å². The summed E-state index contributed by atoms with van der Waals surface area (Å²) < 4.78 is 4.33. The highest BCUT2D eigenvalue weighted by Gasteiger charge is 2.27. The Morgan fingerprint density at radius 1 is 1.35 bits per heavy atom. The van der Waals surface area contributed by atoms with Gasteiger partial charge in [-0.25, -0.2) is 9.97 Å². The number of rotatable bonds is 2. The molecule has 20 heavy (non-hydrogen) atoms. The first-order valence-electron chi connectivity index (χ1n) is 7.37. The van der Waals surface area contributed by atoms with Gasteiger partial charge in [0.2, 0.25) is 0 Å². The number of imidazole rings is 2. The third-order valence-electron chi connectivity index (χ3n) is 4.20. The van der Waals surface area contributed by atoms with E-state index in [0.29, 0.717) is 18.0 Å². The zero-order valence-electron chi connectivity index (χ0n) is 12.7. The van der Waals surface area contributed by atoms with E-state index in [1.54, 1.807) is 0 Å². The number of aromatic nitrogens is 4. The van der Waals surface area contributed by atoms with Crippen molar-refractivity contribution in [3.63, 3.8) is 0 Å². The van der Waals surface area contributed by atoms with E-state index in [9.17, 15) is 0 Å². The lowest BCUT2D eigenvalue weighted by Crippen LogP contribution is -2.22. The van der Waals surface area contributed by atoms with Gasteiger partial charge in [0, 0.05) is 18.5 Å². The highest BCUT2D eigenvalue weighted by Crippen LogP contribution is 2.36. The van der Waals surface area contributed by atoms with Crippen LogP contribution in [0.4, 0.5) is 5.82 Å². The highest BCUT2D eigenvalue weighted by molar-refractivity contribution is 5.68. The Morgan fingerprint density at radius 3 is 2.80 bits per heavy atom. The molecule has 0 spiro atoms. The quantitative estimate of drug-likeness (QED) is 0.914. The minimum Gasteiger partial charge on any atom is -0.383 e. The van der Waals surface area contributed by atoms with Crippen molar-refractivity contribution in [2.45, 2.75) is 52.6 Å². The summed E-state index contributed by atoms with van der Waals surface area (Å²) in [5.74, 6) is 2.56. The molecule has 0 saturated heterocycles. The standard InChI is InChI=1S/C15H23N5/c1-9(2)19-8-17-7-12(19)14-15(16)20-11(4)5-10(3)6-13(20)18-14/h7-11H,5-6,16H2,1-4H3. The van der Waals surface area contributed by atoms with Gasteiger partial charge in [-0.1, -0.05) is 6.92 Å². The third-order valence-corrected chi connectivity index (χ3v) is 4.20. The van der Waals surface area contributed by atoms with Crippen LogP contribution in [0.2, 0.25) is 0 Å². The number of anilines is 1. The van der Waals surface area contributed by atoms with Gasteiger partial charge in [-0.3, -0.25) is 0 Å². The fourth-order valence-corrected chi connectivity index (χ4v) is 3.30. The van der Waals surface area contributed by atoms with E-state index in [-0.39, 0.29) is 0 Å². The normalized spacial score (nSPS) is 22.2. The van der Waals surface area contributed by atoms with Gasteiger partial charge < -0.3 is 14.9 Å². The Morgan fingerprint density at radius 2 is 2.10 bits per heavy atom. The van der Waals surface area contributed by atoms with Crippen LogP contribution in [0.5, 0.6) is 0 Å². The molecule has 0 radical (unpaired) electrons. The van der Waals surface area contributed by atoms with Gasteiger partial charge in [0.25, 0.3) is 0 Å². The summed E-state index contributed by atoms with van der Waals surface area (Å²) in [7, 11) is 0. The summed E-state index contributed by atoms with van der Waals surface area (Å²) in [5.41, 5.74) is 8.27. The van der Waals surface area contributed by atoms with Crippen molar-refractivity contribution < 1.29 is 0 Å². The Bertz CT molecular complexity index is 622. The minimum absolute atomic E-state index is 0.349. The Kier molecular flexibility index (Phi) is 3.07. The maximum Gasteiger partial charge on any atom is 0.133 e. The molecule has 5 nitrogen and oxygen atoms in total. The van der Waals surface area contributed by atoms with Crippen molar-refractivity contribution in [2.24, 2.45) is 5.92 Å². The Hall–Kier alpha value is -1.78. The van der Waals surface area contributed by atoms with E-state index < -0.39 is 0 Å². The van der Waals surface area contributed by atoms with Crippen molar-refractivity contribution in [2.75, 3.05) is 5.73 Å². The Labute approximate surface area is 119 Å². The van der Waals surface area contributed by atoms with Gasteiger partial charge >= 0.3 is 0 Å². The lowest BCUT2D eigenvalue weighted by molar-refractivity contribution is 0.346. The molecule has 0 amide bonds. The first-order valence-corrected chi connectivity index (χ1v) is 7.37. The average Bonchev–Trinajstić information content (AvgIpc) is 2.93. The molecular weight excluding hydrogens is 250 g/mol. The molecule has 0 bridgehead atoms. The van der Waals surface area contributed by atoms with Gasteiger partial charge in [-0.15, -0.1) is 0 Å². The summed E-state index contributed by atoms with van der Waals surface area (Å²) >= 11 is 0. The largest absolute Gasteiger partial charge is 0.383 e. The van der Waals surface area contributed by atoms with E-state index in [1.165, 1.54) is 0 Å². The van der Waals surface area contributed by atoms with Crippen LogP contribution < -0.4 is 5.73 Å². The van der Waals surface area contributed by atoms with Gasteiger partial charge in [0.1, 0.15) is 17.3 Å². The zero-order chi connectivity index (χ0) is 14.4. The molecular formula is C15H23N5. The fourth-order valence-electron chi connectivity index (χ4n) is 3.30. The van der Waals surface area contributed by atoms with E-state index in [0.717, 1.165) is 35.9 Å². The molecule has 0 aromatic carbocycles. The summed E-state index contributed by atoms with van der Waals surface area (Å²) in [6, 6.07) is 0.771. The van der Waals surface area contributed by atoms with Crippen LogP contribution >= 0.6 is 0 Å². The number of fused-ring (bicyclic) bond motifs is 1. The highest BCUT2D eigenvalue weighted by atomic mass is 15.2. The second-order valence-corrected chi connectivity index (χ2v) is 6.31. The number of hydrogen-bond acceptors (Lipinski definition) is 3. The predicted molar refractivity (Wildman–Crippen MR) is 80.4 cm³/mol. The first-order chi connectivity index (χ1) is 9.49. The molecule has 3 rings (SSSR count). The van der Waals surface area contributed by atoms with E-state index >= 15 is 0 Å². The van der Waals surface area contributed by atoms with Crippen molar-refractivity contribution in [1.82, 2.24) is 19.1 Å². The molecule has 1 aliphatic rings. The molecule has 0 saturated carbocycles. The molecule has 0 fully saturated rings. The average molecular weight is 273 g/mol. The van der Waals surface area contributed by atoms with Gasteiger partial charge in [0.05, 0.1) is 18.2 Å². The maximum atomic E-state index is 6.38. The smallest absolute Gasteiger partial charge is 0.133 e. The van der Waals surface area contributed by atoms with E-state index in [4.69, 9.17) is 10.7 Å². The SMILES string of the molecule is CC1Cc2nc(-c3cncn3C(C)C)c(N)n2C(C)C1. The van der Waals surface area contributed by atoms with Crippen molar-refractivity contribution >= 4 is 5.82 Å². The lowest BCUT2D eigenvalue weighted by atomic mass is 9.95. The number of nitrogen functional groups attached to an aromatic ring is 1. The number of nitrogens with zero attached hydrogens (tertiary/aromatic N) is 4. The lowest BCUT2D eigenvalue weighted by Gasteiger charge is -2.27. The molecule has 2 N–H and O–H groups in total. The molecule has 2 atom stereocenters. The van der Waals surface area contributed by atoms with Gasteiger partial charge in [0.15, 0.2) is 0 Å². The zero-order valence-corrected chi connectivity index (χ0v) is 12.7. The molecule has 2 unspecified atom stereocenters. The monoisotopic (exact) mass is 273 g/mol. The fraction of sp³-hybridized carbons (Fsp3) is 0.600. The van der Waals surface area contributed by atoms with Crippen molar-refractivity contribution in [3.8, 4) is 11.4 Å². The molecule has 108 valence electrons. The first kappa shape index (κ1) is 13.2. The molecule has 2 aromatic rings. The molecule has 5 heteroatoms. The van der Waals surface area contributed by atoms with Crippen LogP contribution in [0.15, 0.2) is 12.5 Å². The van der Waals surface area contributed by atoms with Crippen molar-refractivity contribution in [1.29, 1.82) is 0 Å². The molecule has 3 heterocycles. The minimum atomic E-state index is 0.349. The second-order valence-electron chi connectivity index (χ2n) is 6.31. The second kappa shape index (κ2) is 4.65. The predicted octanol–water partition coefficient (Wildman–Crippen LogP) is 3.05. The molecule has 2 aromatic heterocycles. The summed E-state index contributed by atoms with van der Waals surface area (Å²) in [5, 5.41) is 0. The Balaban J connectivity index is 2.12. The summed E-state index contributed by atoms with van der Waals surface area (Å²) in [6.07, 6.45) is 5.88. The molecule has 1 aliphatic heterocycles. The van der Waals surface area contributed by atoms with Gasteiger partial charge in [-0.2, -0.15) is 0 Å². The van der Waals surface area contributed by atoms with E-state index in [2.05, 4.69) is 41.8 Å². The third kappa shape index (κ3) is 1.92.